The molecule has 30 heavy (non-hydrogen) atoms. The Bertz CT molecular complexity index is 1190. The van der Waals surface area contributed by atoms with Crippen molar-refractivity contribution in [3.05, 3.63) is 53.8 Å². The number of furan rings is 1. The molecule has 1 fully saturated rings. The van der Waals surface area contributed by atoms with Crippen molar-refractivity contribution >= 4 is 32.6 Å². The average Bonchev–Trinajstić information content (AvgIpc) is 3.39. The van der Waals surface area contributed by atoms with Crippen LogP contribution in [0, 0.1) is 6.92 Å². The molecule has 0 bridgehead atoms. The maximum Gasteiger partial charge on any atom is 0.291 e. The number of carbonyl (C=O) groups excluding carboxylic acids is 1. The lowest BCUT2D eigenvalue weighted by Gasteiger charge is -2.19. The maximum absolute atomic E-state index is 13.1. The first-order valence-corrected chi connectivity index (χ1v) is 11.4. The van der Waals surface area contributed by atoms with E-state index in [4.69, 9.17) is 9.15 Å². The Morgan fingerprint density at radius 2 is 1.90 bits per heavy atom. The lowest BCUT2D eigenvalue weighted by atomic mass is 10.2. The highest BCUT2D eigenvalue weighted by molar-refractivity contribution is 7.89. The van der Waals surface area contributed by atoms with Crippen LogP contribution in [0.3, 0.4) is 0 Å². The Labute approximate surface area is 175 Å². The van der Waals surface area contributed by atoms with Gasteiger partial charge in [-0.15, -0.1) is 0 Å². The molecule has 8 heteroatoms. The number of amides is 1. The number of benzene rings is 2. The van der Waals surface area contributed by atoms with Gasteiger partial charge in [0.15, 0.2) is 5.76 Å². The summed E-state index contributed by atoms with van der Waals surface area (Å²) in [5.74, 6) is -0.00687. The molecule has 2 heterocycles. The molecular formula is C22H24N2O5S. The SMILES string of the molecule is CCOc1ccc(NC(=O)c2cc3cc(C)ccc3o2)cc1S(=O)(=O)N1CCCC1. The van der Waals surface area contributed by atoms with Gasteiger partial charge in [-0.05, 0) is 63.1 Å². The molecule has 0 spiro atoms. The number of hydrogen-bond acceptors (Lipinski definition) is 5. The molecule has 0 aliphatic carbocycles. The minimum Gasteiger partial charge on any atom is -0.492 e. The van der Waals surface area contributed by atoms with E-state index in [0.717, 1.165) is 23.8 Å². The number of rotatable bonds is 6. The molecule has 158 valence electrons. The summed E-state index contributed by atoms with van der Waals surface area (Å²) in [4.78, 5) is 12.8. The lowest BCUT2D eigenvalue weighted by molar-refractivity contribution is 0.0998. The topological polar surface area (TPSA) is 88.8 Å². The summed E-state index contributed by atoms with van der Waals surface area (Å²) in [6, 6.07) is 12.0. The predicted molar refractivity (Wildman–Crippen MR) is 115 cm³/mol. The number of carbonyl (C=O) groups is 1. The number of nitrogens with zero attached hydrogens (tertiary/aromatic N) is 1. The summed E-state index contributed by atoms with van der Waals surface area (Å²) in [7, 11) is -3.71. The van der Waals surface area contributed by atoms with Gasteiger partial charge in [-0.25, -0.2) is 8.42 Å². The van der Waals surface area contributed by atoms with E-state index in [0.29, 0.717) is 31.0 Å². The van der Waals surface area contributed by atoms with Gasteiger partial charge >= 0.3 is 0 Å². The summed E-state index contributed by atoms with van der Waals surface area (Å²) in [5, 5.41) is 3.57. The second-order valence-corrected chi connectivity index (χ2v) is 9.22. The fraction of sp³-hybridized carbons (Fsp3) is 0.318. The van der Waals surface area contributed by atoms with Crippen molar-refractivity contribution in [1.29, 1.82) is 0 Å². The van der Waals surface area contributed by atoms with Gasteiger partial charge < -0.3 is 14.5 Å². The zero-order valence-corrected chi connectivity index (χ0v) is 17.8. The van der Waals surface area contributed by atoms with Crippen molar-refractivity contribution in [2.24, 2.45) is 0 Å². The van der Waals surface area contributed by atoms with E-state index in [2.05, 4.69) is 5.32 Å². The molecule has 7 nitrogen and oxygen atoms in total. The number of aryl methyl sites for hydroxylation is 1. The average molecular weight is 429 g/mol. The van der Waals surface area contributed by atoms with E-state index < -0.39 is 15.9 Å². The van der Waals surface area contributed by atoms with Crippen LogP contribution in [0.1, 0.15) is 35.9 Å². The highest BCUT2D eigenvalue weighted by atomic mass is 32.2. The fourth-order valence-corrected chi connectivity index (χ4v) is 5.27. The molecule has 1 aliphatic rings. The minimum atomic E-state index is -3.71. The van der Waals surface area contributed by atoms with Crippen LogP contribution in [-0.2, 0) is 10.0 Å². The van der Waals surface area contributed by atoms with Crippen molar-refractivity contribution in [3.63, 3.8) is 0 Å². The summed E-state index contributed by atoms with van der Waals surface area (Å²) in [6.45, 7) is 5.08. The molecular weight excluding hydrogens is 404 g/mol. The molecule has 1 N–H and O–H groups in total. The van der Waals surface area contributed by atoms with Crippen molar-refractivity contribution in [1.82, 2.24) is 4.31 Å². The number of fused-ring (bicyclic) bond motifs is 1. The molecule has 0 unspecified atom stereocenters. The third kappa shape index (κ3) is 3.93. The van der Waals surface area contributed by atoms with Crippen LogP contribution < -0.4 is 10.1 Å². The highest BCUT2D eigenvalue weighted by Crippen LogP contribution is 2.32. The smallest absolute Gasteiger partial charge is 0.291 e. The van der Waals surface area contributed by atoms with Crippen molar-refractivity contribution < 1.29 is 22.4 Å². The Morgan fingerprint density at radius 3 is 2.63 bits per heavy atom. The van der Waals surface area contributed by atoms with E-state index >= 15 is 0 Å². The monoisotopic (exact) mass is 428 g/mol. The number of anilines is 1. The molecule has 2 aromatic carbocycles. The van der Waals surface area contributed by atoms with Gasteiger partial charge in [-0.2, -0.15) is 4.31 Å². The van der Waals surface area contributed by atoms with E-state index in [1.54, 1.807) is 25.1 Å². The number of nitrogens with one attached hydrogen (secondary N) is 1. The third-order valence-corrected chi connectivity index (χ3v) is 7.00. The first-order chi connectivity index (χ1) is 14.4. The van der Waals surface area contributed by atoms with E-state index in [9.17, 15) is 13.2 Å². The lowest BCUT2D eigenvalue weighted by Crippen LogP contribution is -2.28. The second kappa shape index (κ2) is 8.12. The van der Waals surface area contributed by atoms with Gasteiger partial charge in [0.2, 0.25) is 10.0 Å². The first-order valence-electron chi connectivity index (χ1n) is 9.97. The van der Waals surface area contributed by atoms with Gasteiger partial charge in [0.05, 0.1) is 6.61 Å². The van der Waals surface area contributed by atoms with Gasteiger partial charge in [0.1, 0.15) is 16.2 Å². The van der Waals surface area contributed by atoms with Crippen molar-refractivity contribution in [2.45, 2.75) is 31.6 Å². The molecule has 0 atom stereocenters. The molecule has 1 aliphatic heterocycles. The largest absolute Gasteiger partial charge is 0.492 e. The summed E-state index contributed by atoms with van der Waals surface area (Å²) < 4.78 is 38.8. The summed E-state index contributed by atoms with van der Waals surface area (Å²) in [5.41, 5.74) is 2.05. The van der Waals surface area contributed by atoms with E-state index in [1.165, 1.54) is 10.4 Å². The zero-order valence-electron chi connectivity index (χ0n) is 17.0. The van der Waals surface area contributed by atoms with Gasteiger partial charge in [-0.3, -0.25) is 4.79 Å². The fourth-order valence-electron chi connectivity index (χ4n) is 3.60. The first kappa shape index (κ1) is 20.4. The summed E-state index contributed by atoms with van der Waals surface area (Å²) >= 11 is 0. The summed E-state index contributed by atoms with van der Waals surface area (Å²) in [6.07, 6.45) is 1.68. The normalized spacial score (nSPS) is 14.9. The Kier molecular flexibility index (Phi) is 5.53. The molecule has 0 saturated carbocycles. The third-order valence-electron chi connectivity index (χ3n) is 5.08. The van der Waals surface area contributed by atoms with Crippen molar-refractivity contribution in [3.8, 4) is 5.75 Å². The van der Waals surface area contributed by atoms with Gasteiger partial charge in [0, 0.05) is 24.2 Å². The van der Waals surface area contributed by atoms with Crippen molar-refractivity contribution in [2.75, 3.05) is 25.0 Å². The quantitative estimate of drug-likeness (QED) is 0.636. The van der Waals surface area contributed by atoms with Crippen LogP contribution >= 0.6 is 0 Å². The highest BCUT2D eigenvalue weighted by Gasteiger charge is 2.30. The second-order valence-electron chi connectivity index (χ2n) is 7.31. The van der Waals surface area contributed by atoms with Crippen LogP contribution in [0.25, 0.3) is 11.0 Å². The molecule has 1 saturated heterocycles. The minimum absolute atomic E-state index is 0.0595. The maximum atomic E-state index is 13.1. The van der Waals surface area contributed by atoms with Gasteiger partial charge in [-0.1, -0.05) is 11.6 Å². The van der Waals surface area contributed by atoms with Crippen LogP contribution in [-0.4, -0.2) is 38.3 Å². The van der Waals surface area contributed by atoms with E-state index in [1.807, 2.05) is 25.1 Å². The van der Waals surface area contributed by atoms with Crippen LogP contribution in [0.15, 0.2) is 51.8 Å². The van der Waals surface area contributed by atoms with Crippen LogP contribution in [0.2, 0.25) is 0 Å². The Hall–Kier alpha value is -2.84. The molecule has 4 rings (SSSR count). The van der Waals surface area contributed by atoms with Gasteiger partial charge in [0.25, 0.3) is 5.91 Å². The number of ether oxygens (including phenoxy) is 1. The molecule has 1 aromatic heterocycles. The molecule has 1 amide bonds. The molecule has 0 radical (unpaired) electrons. The Balaban J connectivity index is 1.64. The Morgan fingerprint density at radius 1 is 1.13 bits per heavy atom. The predicted octanol–water partition coefficient (Wildman–Crippen LogP) is 4.18. The standard InChI is InChI=1S/C22H24N2O5S/c1-3-28-19-9-7-17(14-21(19)30(26,27)24-10-4-5-11-24)23-22(25)20-13-16-12-15(2)6-8-18(16)29-20/h6-9,12-14H,3-5,10-11H2,1-2H3,(H,23,25). The van der Waals surface area contributed by atoms with E-state index in [-0.39, 0.29) is 16.4 Å². The number of sulfonamides is 1. The molecule has 3 aromatic rings. The zero-order chi connectivity index (χ0) is 21.3. The number of hydrogen-bond donors (Lipinski definition) is 1. The van der Waals surface area contributed by atoms with Crippen LogP contribution in [0.5, 0.6) is 5.75 Å². The van der Waals surface area contributed by atoms with Crippen LogP contribution in [0.4, 0.5) is 5.69 Å².